The number of hydrogen-bond donors (Lipinski definition) is 1. The van der Waals surface area contributed by atoms with Gasteiger partial charge in [0.25, 0.3) is 0 Å². The molecule has 2 aliphatic rings. The summed E-state index contributed by atoms with van der Waals surface area (Å²) in [7, 11) is -3.62. The Morgan fingerprint density at radius 1 is 1.00 bits per heavy atom. The summed E-state index contributed by atoms with van der Waals surface area (Å²) < 4.78 is 27.4. The monoisotopic (exact) mass is 406 g/mol. The molecule has 2 atom stereocenters. The van der Waals surface area contributed by atoms with Crippen molar-refractivity contribution in [1.29, 1.82) is 0 Å². The van der Waals surface area contributed by atoms with Crippen LogP contribution in [-0.2, 0) is 19.6 Å². The lowest BCUT2D eigenvalue weighted by Crippen LogP contribution is -2.53. The second-order valence-electron chi connectivity index (χ2n) is 7.49. The van der Waals surface area contributed by atoms with Crippen molar-refractivity contribution in [2.45, 2.75) is 31.6 Å². The van der Waals surface area contributed by atoms with E-state index in [2.05, 4.69) is 0 Å². The standard InChI is InChI=1S/C20H26N2O5S/c1-14-7-8-15(2)18(13-14)28(26,27)22-11-9-21(10-12-22)19(23)16-5-3-4-6-17(16)20(24)25/h3-4,7-8,13,16-17H,5-6,9-12H2,1-2H3,(H,24,25). The highest BCUT2D eigenvalue weighted by Gasteiger charge is 2.38. The number of hydrogen-bond acceptors (Lipinski definition) is 4. The van der Waals surface area contributed by atoms with Crippen LogP contribution in [0, 0.1) is 25.7 Å². The lowest BCUT2D eigenvalue weighted by molar-refractivity contribution is -0.151. The number of carboxylic acid groups (broad SMARTS) is 1. The minimum Gasteiger partial charge on any atom is -0.481 e. The van der Waals surface area contributed by atoms with Crippen molar-refractivity contribution in [3.05, 3.63) is 41.5 Å². The summed E-state index contributed by atoms with van der Waals surface area (Å²) in [4.78, 5) is 26.2. The Balaban J connectivity index is 1.70. The Kier molecular flexibility index (Phi) is 5.90. The number of aryl methyl sites for hydroxylation is 2. The molecular weight excluding hydrogens is 380 g/mol. The van der Waals surface area contributed by atoms with Crippen molar-refractivity contribution >= 4 is 21.9 Å². The summed E-state index contributed by atoms with van der Waals surface area (Å²) in [6.07, 6.45) is 4.42. The smallest absolute Gasteiger partial charge is 0.307 e. The van der Waals surface area contributed by atoms with E-state index in [0.717, 1.165) is 5.56 Å². The van der Waals surface area contributed by atoms with Crippen LogP contribution in [0.1, 0.15) is 24.0 Å². The van der Waals surface area contributed by atoms with Crippen LogP contribution >= 0.6 is 0 Å². The van der Waals surface area contributed by atoms with Crippen LogP contribution in [0.25, 0.3) is 0 Å². The third-order valence-corrected chi connectivity index (χ3v) is 7.62. The first kappa shape index (κ1) is 20.5. The maximum atomic E-state index is 13.0. The third kappa shape index (κ3) is 3.98. The first-order valence-electron chi connectivity index (χ1n) is 9.46. The van der Waals surface area contributed by atoms with Crippen molar-refractivity contribution < 1.29 is 23.1 Å². The molecule has 1 aromatic carbocycles. The van der Waals surface area contributed by atoms with Gasteiger partial charge < -0.3 is 10.0 Å². The molecule has 0 spiro atoms. The Hall–Kier alpha value is -2.19. The van der Waals surface area contributed by atoms with E-state index >= 15 is 0 Å². The lowest BCUT2D eigenvalue weighted by atomic mass is 9.82. The van der Waals surface area contributed by atoms with Gasteiger partial charge in [-0.05, 0) is 43.9 Å². The SMILES string of the molecule is Cc1ccc(C)c(S(=O)(=O)N2CCN(C(=O)C3CC=CCC3C(=O)O)CC2)c1. The number of amides is 1. The molecule has 1 fully saturated rings. The summed E-state index contributed by atoms with van der Waals surface area (Å²) in [5.41, 5.74) is 1.57. The van der Waals surface area contributed by atoms with Crippen molar-refractivity contribution in [2.24, 2.45) is 11.8 Å². The van der Waals surface area contributed by atoms with Crippen LogP contribution in [0.15, 0.2) is 35.2 Å². The van der Waals surface area contributed by atoms with E-state index in [1.54, 1.807) is 30.0 Å². The van der Waals surface area contributed by atoms with E-state index in [1.807, 2.05) is 19.1 Å². The number of allylic oxidation sites excluding steroid dienone is 2. The molecule has 8 heteroatoms. The fourth-order valence-corrected chi connectivity index (χ4v) is 5.60. The quantitative estimate of drug-likeness (QED) is 0.770. The predicted octanol–water partition coefficient (Wildman–Crippen LogP) is 1.80. The molecule has 1 amide bonds. The van der Waals surface area contributed by atoms with E-state index in [4.69, 9.17) is 0 Å². The number of carbonyl (C=O) groups is 2. The summed E-state index contributed by atoms with van der Waals surface area (Å²) in [6.45, 7) is 4.59. The van der Waals surface area contributed by atoms with Gasteiger partial charge in [-0.1, -0.05) is 24.3 Å². The topological polar surface area (TPSA) is 95.0 Å². The third-order valence-electron chi connectivity index (χ3n) is 5.58. The fraction of sp³-hybridized carbons (Fsp3) is 0.500. The number of nitrogens with zero attached hydrogens (tertiary/aromatic N) is 2. The second kappa shape index (κ2) is 8.05. The highest BCUT2D eigenvalue weighted by Crippen LogP contribution is 2.29. The number of rotatable bonds is 4. The Morgan fingerprint density at radius 2 is 1.61 bits per heavy atom. The predicted molar refractivity (Wildman–Crippen MR) is 104 cm³/mol. The van der Waals surface area contributed by atoms with Crippen LogP contribution in [0.3, 0.4) is 0 Å². The average Bonchev–Trinajstić information content (AvgIpc) is 2.69. The molecule has 152 valence electrons. The van der Waals surface area contributed by atoms with Crippen LogP contribution in [-0.4, -0.2) is 60.8 Å². The first-order valence-corrected chi connectivity index (χ1v) is 10.9. The van der Waals surface area contributed by atoms with E-state index in [9.17, 15) is 23.1 Å². The largest absolute Gasteiger partial charge is 0.481 e. The highest BCUT2D eigenvalue weighted by atomic mass is 32.2. The number of benzene rings is 1. The van der Waals surface area contributed by atoms with Crippen LogP contribution in [0.4, 0.5) is 0 Å². The number of sulfonamides is 1. The molecule has 2 unspecified atom stereocenters. The van der Waals surface area contributed by atoms with Crippen LogP contribution in [0.2, 0.25) is 0 Å². The number of carboxylic acids is 1. The molecule has 28 heavy (non-hydrogen) atoms. The molecule has 0 saturated carbocycles. The lowest BCUT2D eigenvalue weighted by Gasteiger charge is -2.37. The highest BCUT2D eigenvalue weighted by molar-refractivity contribution is 7.89. The molecule has 1 N–H and O–H groups in total. The molecule has 1 saturated heterocycles. The van der Waals surface area contributed by atoms with E-state index < -0.39 is 27.8 Å². The Morgan fingerprint density at radius 3 is 2.21 bits per heavy atom. The molecule has 1 aromatic rings. The van der Waals surface area contributed by atoms with Crippen molar-refractivity contribution in [1.82, 2.24) is 9.21 Å². The zero-order valence-corrected chi connectivity index (χ0v) is 17.0. The Bertz CT molecular complexity index is 901. The molecule has 7 nitrogen and oxygen atoms in total. The van der Waals surface area contributed by atoms with Crippen molar-refractivity contribution in [3.63, 3.8) is 0 Å². The van der Waals surface area contributed by atoms with Crippen molar-refractivity contribution in [2.75, 3.05) is 26.2 Å². The Labute approximate surface area is 165 Å². The van der Waals surface area contributed by atoms with Gasteiger partial charge in [0, 0.05) is 26.2 Å². The van der Waals surface area contributed by atoms with E-state index in [-0.39, 0.29) is 32.1 Å². The molecule has 1 heterocycles. The molecule has 3 rings (SSSR count). The molecular formula is C20H26N2O5S. The van der Waals surface area contributed by atoms with Gasteiger partial charge in [-0.2, -0.15) is 4.31 Å². The molecule has 0 bridgehead atoms. The number of carbonyl (C=O) groups excluding carboxylic acids is 1. The first-order chi connectivity index (χ1) is 13.2. The van der Waals surface area contributed by atoms with Gasteiger partial charge in [0.05, 0.1) is 16.7 Å². The molecule has 1 aliphatic carbocycles. The van der Waals surface area contributed by atoms with Gasteiger partial charge >= 0.3 is 5.97 Å². The average molecular weight is 407 g/mol. The summed E-state index contributed by atoms with van der Waals surface area (Å²) in [6, 6.07) is 5.35. The van der Waals surface area contributed by atoms with Gasteiger partial charge in [0.15, 0.2) is 0 Å². The maximum absolute atomic E-state index is 13.0. The van der Waals surface area contributed by atoms with E-state index in [0.29, 0.717) is 23.3 Å². The minimum atomic E-state index is -3.62. The van der Waals surface area contributed by atoms with E-state index in [1.165, 1.54) is 4.31 Å². The minimum absolute atomic E-state index is 0.194. The molecule has 0 radical (unpaired) electrons. The number of aliphatic carboxylic acids is 1. The zero-order valence-electron chi connectivity index (χ0n) is 16.2. The maximum Gasteiger partial charge on any atom is 0.307 e. The summed E-state index contributed by atoms with van der Waals surface area (Å²) >= 11 is 0. The van der Waals surface area contributed by atoms with Gasteiger partial charge in [-0.3, -0.25) is 9.59 Å². The molecule has 0 aromatic heterocycles. The fourth-order valence-electron chi connectivity index (χ4n) is 3.87. The number of piperazine rings is 1. The zero-order chi connectivity index (χ0) is 20.5. The van der Waals surface area contributed by atoms with Gasteiger partial charge in [-0.25, -0.2) is 8.42 Å². The summed E-state index contributed by atoms with van der Waals surface area (Å²) in [5, 5.41) is 9.39. The van der Waals surface area contributed by atoms with Gasteiger partial charge in [-0.15, -0.1) is 0 Å². The van der Waals surface area contributed by atoms with Gasteiger partial charge in [0.1, 0.15) is 0 Å². The summed E-state index contributed by atoms with van der Waals surface area (Å²) in [5.74, 6) is -2.45. The molecule has 1 aliphatic heterocycles. The van der Waals surface area contributed by atoms with Gasteiger partial charge in [0.2, 0.25) is 15.9 Å². The van der Waals surface area contributed by atoms with Crippen LogP contribution in [0.5, 0.6) is 0 Å². The second-order valence-corrected chi connectivity index (χ2v) is 9.40. The normalized spacial score (nSPS) is 23.6. The van der Waals surface area contributed by atoms with Crippen molar-refractivity contribution in [3.8, 4) is 0 Å². The van der Waals surface area contributed by atoms with Crippen LogP contribution < -0.4 is 0 Å².